The number of carbonyl (C=O) groups is 2. The van der Waals surface area contributed by atoms with Crippen molar-refractivity contribution in [2.45, 2.75) is 45.8 Å². The van der Waals surface area contributed by atoms with Crippen molar-refractivity contribution in [3.63, 3.8) is 0 Å². The molecule has 23 heavy (non-hydrogen) atoms. The maximum Gasteiger partial charge on any atom is 0.338 e. The fourth-order valence-electron chi connectivity index (χ4n) is 2.23. The van der Waals surface area contributed by atoms with Gasteiger partial charge in [0, 0.05) is 6.20 Å². The Labute approximate surface area is 134 Å². The van der Waals surface area contributed by atoms with Crippen LogP contribution < -0.4 is 5.32 Å². The van der Waals surface area contributed by atoms with Gasteiger partial charge in [-0.2, -0.15) is 0 Å². The van der Waals surface area contributed by atoms with Gasteiger partial charge in [0.15, 0.2) is 11.4 Å². The lowest BCUT2D eigenvalue weighted by atomic mass is 9.98. The minimum atomic E-state index is -1.48. The number of aromatic nitrogens is 1. The first kappa shape index (κ1) is 17.1. The van der Waals surface area contributed by atoms with Crippen LogP contribution in [0.1, 0.15) is 49.3 Å². The van der Waals surface area contributed by atoms with Crippen LogP contribution in [0.15, 0.2) is 17.3 Å². The number of esters is 1. The molecule has 2 heterocycles. The molecule has 2 unspecified atom stereocenters. The van der Waals surface area contributed by atoms with Gasteiger partial charge in [-0.1, -0.05) is 6.92 Å². The van der Waals surface area contributed by atoms with E-state index in [-0.39, 0.29) is 12.4 Å². The number of aryl methyl sites for hydroxylation is 1. The van der Waals surface area contributed by atoms with E-state index in [0.717, 1.165) is 5.56 Å². The summed E-state index contributed by atoms with van der Waals surface area (Å²) in [5.74, 6) is -0.823. The van der Waals surface area contributed by atoms with E-state index in [1.54, 1.807) is 13.1 Å². The number of nitrogens with one attached hydrogen (secondary N) is 1. The minimum absolute atomic E-state index is 0.162. The SMILES string of the molecule is CCOC(=O)c1cc(C2=NC(C)(C(C)F)C(=O)N2)ncc1CC. The van der Waals surface area contributed by atoms with Crippen molar-refractivity contribution in [1.82, 2.24) is 10.3 Å². The first-order valence-electron chi connectivity index (χ1n) is 7.55. The number of aliphatic imine (C=N–C) groups is 1. The van der Waals surface area contributed by atoms with Gasteiger partial charge in [0.2, 0.25) is 0 Å². The third kappa shape index (κ3) is 3.09. The van der Waals surface area contributed by atoms with Crippen molar-refractivity contribution in [3.8, 4) is 0 Å². The predicted octanol–water partition coefficient (Wildman–Crippen LogP) is 1.81. The van der Waals surface area contributed by atoms with E-state index >= 15 is 0 Å². The van der Waals surface area contributed by atoms with Gasteiger partial charge in [0.05, 0.1) is 12.2 Å². The van der Waals surface area contributed by atoms with Crippen LogP contribution in [0, 0.1) is 0 Å². The monoisotopic (exact) mass is 321 g/mol. The molecule has 1 aliphatic heterocycles. The third-order valence-electron chi connectivity index (χ3n) is 3.92. The number of rotatable bonds is 5. The number of ether oxygens (including phenoxy) is 1. The van der Waals surface area contributed by atoms with Gasteiger partial charge in [-0.3, -0.25) is 9.78 Å². The molecule has 2 atom stereocenters. The highest BCUT2D eigenvalue weighted by Gasteiger charge is 2.45. The van der Waals surface area contributed by atoms with Gasteiger partial charge in [-0.15, -0.1) is 0 Å². The lowest BCUT2D eigenvalue weighted by molar-refractivity contribution is -0.125. The summed E-state index contributed by atoms with van der Waals surface area (Å²) in [5.41, 5.74) is -0.0650. The number of hydrogen-bond donors (Lipinski definition) is 1. The molecule has 0 spiro atoms. The van der Waals surface area contributed by atoms with Crippen molar-refractivity contribution >= 4 is 17.7 Å². The summed E-state index contributed by atoms with van der Waals surface area (Å²) in [7, 11) is 0. The summed E-state index contributed by atoms with van der Waals surface area (Å²) in [6, 6.07) is 1.52. The summed E-state index contributed by atoms with van der Waals surface area (Å²) >= 11 is 0. The van der Waals surface area contributed by atoms with E-state index in [4.69, 9.17) is 4.74 Å². The number of halogens is 1. The van der Waals surface area contributed by atoms with Crippen LogP contribution >= 0.6 is 0 Å². The highest BCUT2D eigenvalue weighted by molar-refractivity contribution is 6.15. The topological polar surface area (TPSA) is 80.6 Å². The maximum absolute atomic E-state index is 13.7. The molecule has 0 aliphatic carbocycles. The Kier molecular flexibility index (Phi) is 4.77. The lowest BCUT2D eigenvalue weighted by Gasteiger charge is -2.18. The number of pyridine rings is 1. The quantitative estimate of drug-likeness (QED) is 0.839. The van der Waals surface area contributed by atoms with E-state index in [1.807, 2.05) is 6.92 Å². The largest absolute Gasteiger partial charge is 0.462 e. The molecular weight excluding hydrogens is 301 g/mol. The van der Waals surface area contributed by atoms with Gasteiger partial charge >= 0.3 is 5.97 Å². The molecule has 0 radical (unpaired) electrons. The molecule has 0 bridgehead atoms. The molecule has 1 aromatic rings. The predicted molar refractivity (Wildman–Crippen MR) is 83.2 cm³/mol. The smallest absolute Gasteiger partial charge is 0.338 e. The van der Waals surface area contributed by atoms with Crippen LogP contribution in [0.3, 0.4) is 0 Å². The van der Waals surface area contributed by atoms with Gasteiger partial charge in [-0.05, 0) is 38.8 Å². The van der Waals surface area contributed by atoms with Crippen LogP contribution in [0.25, 0.3) is 0 Å². The Hall–Kier alpha value is -2.31. The maximum atomic E-state index is 13.7. The van der Waals surface area contributed by atoms with Crippen LogP contribution in [0.5, 0.6) is 0 Å². The molecule has 1 aromatic heterocycles. The van der Waals surface area contributed by atoms with E-state index < -0.39 is 23.6 Å². The molecule has 2 rings (SSSR count). The molecule has 0 fully saturated rings. The first-order chi connectivity index (χ1) is 10.8. The Morgan fingerprint density at radius 3 is 2.70 bits per heavy atom. The summed E-state index contributed by atoms with van der Waals surface area (Å²) in [4.78, 5) is 32.4. The Bertz CT molecular complexity index is 673. The highest BCUT2D eigenvalue weighted by Crippen LogP contribution is 2.25. The van der Waals surface area contributed by atoms with Crippen LogP contribution in [-0.4, -0.2) is 41.0 Å². The second-order valence-corrected chi connectivity index (χ2v) is 5.48. The molecule has 1 N–H and O–H groups in total. The lowest BCUT2D eigenvalue weighted by Crippen LogP contribution is -2.43. The van der Waals surface area contributed by atoms with Crippen molar-refractivity contribution in [1.29, 1.82) is 0 Å². The van der Waals surface area contributed by atoms with Crippen LogP contribution in [0.4, 0.5) is 4.39 Å². The molecule has 0 saturated heterocycles. The van der Waals surface area contributed by atoms with E-state index in [9.17, 15) is 14.0 Å². The molecule has 1 amide bonds. The van der Waals surface area contributed by atoms with Gasteiger partial charge < -0.3 is 10.1 Å². The standard InChI is InChI=1S/C16H20FN3O3/c1-5-10-8-18-12(7-11(10)14(21)23-6-2)13-19-15(22)16(4,20-13)9(3)17/h7-9H,5-6H2,1-4H3,(H,19,20,22). The summed E-state index contributed by atoms with van der Waals surface area (Å²) < 4.78 is 18.7. The van der Waals surface area contributed by atoms with E-state index in [2.05, 4.69) is 15.3 Å². The molecule has 6 nitrogen and oxygen atoms in total. The summed E-state index contributed by atoms with van der Waals surface area (Å²) in [6.45, 7) is 6.59. The van der Waals surface area contributed by atoms with Crippen molar-refractivity contribution < 1.29 is 18.7 Å². The Morgan fingerprint density at radius 2 is 2.17 bits per heavy atom. The molecule has 0 aromatic carbocycles. The van der Waals surface area contributed by atoms with E-state index in [1.165, 1.54) is 19.9 Å². The fraction of sp³-hybridized carbons (Fsp3) is 0.500. The number of nitrogens with zero attached hydrogens (tertiary/aromatic N) is 2. The number of amidine groups is 1. The van der Waals surface area contributed by atoms with Gasteiger partial charge in [-0.25, -0.2) is 14.2 Å². The van der Waals surface area contributed by atoms with Crippen molar-refractivity contribution in [2.75, 3.05) is 6.61 Å². The number of hydrogen-bond acceptors (Lipinski definition) is 5. The minimum Gasteiger partial charge on any atom is -0.462 e. The van der Waals surface area contributed by atoms with Gasteiger partial charge in [0.1, 0.15) is 11.9 Å². The van der Waals surface area contributed by atoms with Crippen molar-refractivity contribution in [3.05, 3.63) is 29.1 Å². The Morgan fingerprint density at radius 1 is 1.48 bits per heavy atom. The summed E-state index contributed by atoms with van der Waals surface area (Å²) in [6.07, 6.45) is 0.712. The van der Waals surface area contributed by atoms with Crippen molar-refractivity contribution in [2.24, 2.45) is 4.99 Å². The number of amides is 1. The fourth-order valence-corrected chi connectivity index (χ4v) is 2.23. The molecule has 124 valence electrons. The zero-order chi connectivity index (χ0) is 17.2. The molecule has 7 heteroatoms. The number of carbonyl (C=O) groups excluding carboxylic acids is 2. The average molecular weight is 321 g/mol. The average Bonchev–Trinajstić information content (AvgIpc) is 2.84. The highest BCUT2D eigenvalue weighted by atomic mass is 19.1. The second kappa shape index (κ2) is 6.44. The number of alkyl halides is 1. The first-order valence-corrected chi connectivity index (χ1v) is 7.55. The summed E-state index contributed by atoms with van der Waals surface area (Å²) in [5, 5.41) is 2.53. The van der Waals surface area contributed by atoms with Crippen LogP contribution in [0.2, 0.25) is 0 Å². The normalized spacial score (nSPS) is 21.6. The van der Waals surface area contributed by atoms with Gasteiger partial charge in [0.25, 0.3) is 5.91 Å². The molecule has 0 saturated carbocycles. The third-order valence-corrected chi connectivity index (χ3v) is 3.92. The Balaban J connectivity index is 2.44. The zero-order valence-electron chi connectivity index (χ0n) is 13.6. The second-order valence-electron chi connectivity index (χ2n) is 5.48. The molecular formula is C16H20FN3O3. The van der Waals surface area contributed by atoms with E-state index in [0.29, 0.717) is 17.7 Å². The van der Waals surface area contributed by atoms with Crippen LogP contribution in [-0.2, 0) is 16.0 Å². The molecule has 1 aliphatic rings. The zero-order valence-corrected chi connectivity index (χ0v) is 13.6.